The number of piperidine rings is 1. The molecule has 7 heteroatoms. The number of aryl methyl sites for hydroxylation is 4. The number of anilines is 3. The highest BCUT2D eigenvalue weighted by molar-refractivity contribution is 5.97. The van der Waals surface area contributed by atoms with Crippen LogP contribution in [0.2, 0.25) is 0 Å². The first kappa shape index (κ1) is 27.9. The number of hydrogen-bond acceptors (Lipinski definition) is 4. The van der Waals surface area contributed by atoms with Crippen LogP contribution >= 0.6 is 0 Å². The van der Waals surface area contributed by atoms with Crippen molar-refractivity contribution >= 4 is 23.0 Å². The van der Waals surface area contributed by atoms with Gasteiger partial charge in [0.25, 0.3) is 5.91 Å². The zero-order valence-electron chi connectivity index (χ0n) is 24.2. The van der Waals surface area contributed by atoms with E-state index in [0.29, 0.717) is 36.9 Å². The Hall–Kier alpha value is -3.61. The first-order valence-corrected chi connectivity index (χ1v) is 14.3. The molecule has 0 unspecified atom stereocenters. The Morgan fingerprint density at radius 2 is 1.48 bits per heavy atom. The molecule has 1 N–H and O–H groups in total. The van der Waals surface area contributed by atoms with Gasteiger partial charge in [0.1, 0.15) is 0 Å². The van der Waals surface area contributed by atoms with Crippen LogP contribution in [0.25, 0.3) is 0 Å². The third-order valence-corrected chi connectivity index (χ3v) is 8.58. The summed E-state index contributed by atoms with van der Waals surface area (Å²) in [5.74, 6) is -1.66. The fourth-order valence-electron chi connectivity index (χ4n) is 6.25. The Bertz CT molecular complexity index is 1400. The molecule has 2 saturated heterocycles. The van der Waals surface area contributed by atoms with Crippen molar-refractivity contribution in [1.29, 1.82) is 0 Å². The topological polar surface area (TPSA) is 38.8 Å². The van der Waals surface area contributed by atoms with Gasteiger partial charge in [-0.25, -0.2) is 8.78 Å². The second-order valence-corrected chi connectivity index (χ2v) is 11.5. The van der Waals surface area contributed by atoms with Gasteiger partial charge in [0.15, 0.2) is 11.6 Å². The molecule has 0 spiro atoms. The monoisotopic (exact) mass is 546 g/mol. The van der Waals surface area contributed by atoms with Crippen LogP contribution < -0.4 is 15.1 Å². The van der Waals surface area contributed by atoms with Gasteiger partial charge in [0.2, 0.25) is 0 Å². The van der Waals surface area contributed by atoms with Crippen LogP contribution in [0.5, 0.6) is 0 Å². The molecule has 0 aromatic heterocycles. The van der Waals surface area contributed by atoms with E-state index in [4.69, 9.17) is 0 Å². The van der Waals surface area contributed by atoms with Gasteiger partial charge in [-0.05, 0) is 87.9 Å². The molecule has 0 saturated carbocycles. The van der Waals surface area contributed by atoms with Crippen molar-refractivity contribution in [1.82, 2.24) is 4.90 Å². The molecule has 5 nitrogen and oxygen atoms in total. The molecule has 1 amide bonds. The summed E-state index contributed by atoms with van der Waals surface area (Å²) in [7, 11) is 0. The van der Waals surface area contributed by atoms with E-state index in [1.807, 2.05) is 29.7 Å². The molecule has 2 aliphatic heterocycles. The lowest BCUT2D eigenvalue weighted by Gasteiger charge is -2.41. The van der Waals surface area contributed by atoms with E-state index in [9.17, 15) is 13.6 Å². The van der Waals surface area contributed by atoms with Crippen molar-refractivity contribution in [2.24, 2.45) is 0 Å². The second-order valence-electron chi connectivity index (χ2n) is 11.5. The van der Waals surface area contributed by atoms with Crippen LogP contribution in [0.3, 0.4) is 0 Å². The quantitative estimate of drug-likeness (QED) is 0.390. The van der Waals surface area contributed by atoms with Crippen LogP contribution in [0.1, 0.15) is 52.4 Å². The van der Waals surface area contributed by atoms with Crippen molar-refractivity contribution in [3.8, 4) is 0 Å². The molecule has 5 rings (SSSR count). The first-order chi connectivity index (χ1) is 19.1. The number of piperazine rings is 1. The van der Waals surface area contributed by atoms with Crippen molar-refractivity contribution in [3.05, 3.63) is 88.0 Å². The molecule has 0 bridgehead atoms. The molecular weight excluding hydrogens is 506 g/mol. The van der Waals surface area contributed by atoms with Crippen LogP contribution in [0.4, 0.5) is 25.8 Å². The van der Waals surface area contributed by atoms with Gasteiger partial charge in [-0.3, -0.25) is 4.79 Å². The fourth-order valence-corrected chi connectivity index (χ4v) is 6.25. The number of benzene rings is 3. The van der Waals surface area contributed by atoms with E-state index in [1.165, 1.54) is 23.4 Å². The average Bonchev–Trinajstić information content (AvgIpc) is 2.92. The summed E-state index contributed by atoms with van der Waals surface area (Å²) in [5.41, 5.74) is 7.85. The fraction of sp³-hybridized carbons (Fsp3) is 0.424. The van der Waals surface area contributed by atoms with E-state index >= 15 is 0 Å². The summed E-state index contributed by atoms with van der Waals surface area (Å²) < 4.78 is 27.6. The Kier molecular flexibility index (Phi) is 8.02. The molecule has 2 aliphatic rings. The highest BCUT2D eigenvalue weighted by Gasteiger charge is 2.30. The van der Waals surface area contributed by atoms with E-state index in [-0.39, 0.29) is 11.9 Å². The van der Waals surface area contributed by atoms with E-state index in [1.54, 1.807) is 6.92 Å². The van der Waals surface area contributed by atoms with Gasteiger partial charge in [0.05, 0.1) is 0 Å². The molecule has 0 aliphatic carbocycles. The summed E-state index contributed by atoms with van der Waals surface area (Å²) in [6.07, 6.45) is 2.07. The summed E-state index contributed by atoms with van der Waals surface area (Å²) in [6, 6.07) is 15.5. The molecular formula is C33H40F2N4O. The Labute approximate surface area is 236 Å². The number of rotatable bonds is 5. The summed E-state index contributed by atoms with van der Waals surface area (Å²) >= 11 is 0. The maximum atomic E-state index is 14.0. The number of hydrogen-bond donors (Lipinski definition) is 1. The third kappa shape index (κ3) is 5.65. The minimum Gasteiger partial charge on any atom is -0.382 e. The number of amides is 1. The van der Waals surface area contributed by atoms with Crippen molar-refractivity contribution in [3.63, 3.8) is 0 Å². The van der Waals surface area contributed by atoms with Gasteiger partial charge in [-0.15, -0.1) is 0 Å². The Morgan fingerprint density at radius 1 is 0.775 bits per heavy atom. The smallest absolute Gasteiger partial charge is 0.254 e. The molecule has 2 fully saturated rings. The maximum Gasteiger partial charge on any atom is 0.254 e. The molecule has 1 atom stereocenters. The Balaban J connectivity index is 1.26. The molecule has 3 aromatic rings. The summed E-state index contributed by atoms with van der Waals surface area (Å²) in [5, 5.41) is 3.75. The predicted octanol–water partition coefficient (Wildman–Crippen LogP) is 6.63. The second kappa shape index (κ2) is 11.5. The van der Waals surface area contributed by atoms with Gasteiger partial charge >= 0.3 is 0 Å². The van der Waals surface area contributed by atoms with Gasteiger partial charge < -0.3 is 20.0 Å². The summed E-state index contributed by atoms with van der Waals surface area (Å²) in [4.78, 5) is 20.2. The first-order valence-electron chi connectivity index (χ1n) is 14.3. The minimum atomic E-state index is -0.845. The lowest BCUT2D eigenvalue weighted by Crippen LogP contribution is -2.54. The zero-order chi connectivity index (χ0) is 28.6. The van der Waals surface area contributed by atoms with E-state index in [0.717, 1.165) is 48.3 Å². The molecule has 2 heterocycles. The van der Waals surface area contributed by atoms with Crippen molar-refractivity contribution in [2.45, 2.75) is 59.5 Å². The SMILES string of the molecule is Cc1cc(C)c(C(=O)N2CCN(c3cc(F)c(F)cc3C)C[C@@H]2C)cc1NC1CCN(c2ccccc2C)CC1. The van der Waals surface area contributed by atoms with Gasteiger partial charge in [-0.1, -0.05) is 24.3 Å². The minimum absolute atomic E-state index is 0.0177. The largest absolute Gasteiger partial charge is 0.382 e. The van der Waals surface area contributed by atoms with Crippen molar-refractivity contribution < 1.29 is 13.6 Å². The third-order valence-electron chi connectivity index (χ3n) is 8.58. The molecule has 3 aromatic carbocycles. The van der Waals surface area contributed by atoms with Crippen LogP contribution in [0, 0.1) is 39.3 Å². The summed E-state index contributed by atoms with van der Waals surface area (Å²) in [6.45, 7) is 13.7. The number of nitrogens with one attached hydrogen (secondary N) is 1. The number of nitrogens with zero attached hydrogens (tertiary/aromatic N) is 3. The van der Waals surface area contributed by atoms with Gasteiger partial charge in [-0.2, -0.15) is 0 Å². The highest BCUT2D eigenvalue weighted by atomic mass is 19.2. The lowest BCUT2D eigenvalue weighted by atomic mass is 9.98. The molecule has 212 valence electrons. The highest BCUT2D eigenvalue weighted by Crippen LogP contribution is 2.30. The number of carbonyl (C=O) groups is 1. The van der Waals surface area contributed by atoms with Crippen molar-refractivity contribution in [2.75, 3.05) is 47.8 Å². The Morgan fingerprint density at radius 3 is 2.17 bits per heavy atom. The standard InChI is InChI=1S/C33H40F2N4O/c1-21-8-6-7-9-31(21)37-12-10-26(11-13-37)36-30-18-27(22(2)16-23(30)3)33(40)39-15-14-38(20-25(39)5)32-19-29(35)28(34)17-24(32)4/h6-9,16-19,25-26,36H,10-15,20H2,1-5H3/t25-/m0/s1. The predicted molar refractivity (Wildman–Crippen MR) is 160 cm³/mol. The number of para-hydroxylation sites is 1. The van der Waals surface area contributed by atoms with Gasteiger partial charge in [0, 0.05) is 73.5 Å². The zero-order valence-corrected chi connectivity index (χ0v) is 24.2. The van der Waals surface area contributed by atoms with E-state index < -0.39 is 11.6 Å². The van der Waals surface area contributed by atoms with Crippen LogP contribution in [-0.2, 0) is 0 Å². The lowest BCUT2D eigenvalue weighted by molar-refractivity contribution is 0.0673. The maximum absolute atomic E-state index is 14.0. The van der Waals surface area contributed by atoms with Crippen LogP contribution in [-0.4, -0.2) is 55.6 Å². The molecule has 0 radical (unpaired) electrons. The number of halogens is 2. The average molecular weight is 547 g/mol. The molecule has 40 heavy (non-hydrogen) atoms. The normalized spacial score (nSPS) is 18.3. The number of carbonyl (C=O) groups excluding carboxylic acids is 1. The van der Waals surface area contributed by atoms with E-state index in [2.05, 4.69) is 54.4 Å². The van der Waals surface area contributed by atoms with Crippen LogP contribution in [0.15, 0.2) is 48.5 Å².